The Morgan fingerprint density at radius 2 is 1.69 bits per heavy atom. The minimum atomic E-state index is 0.261. The topological polar surface area (TPSA) is 91.7 Å². The van der Waals surface area contributed by atoms with Gasteiger partial charge in [-0.15, -0.1) is 10.2 Å². The van der Waals surface area contributed by atoms with E-state index < -0.39 is 0 Å². The molecule has 1 amide bonds. The third-order valence-corrected chi connectivity index (χ3v) is 6.99. The molecule has 0 N–H and O–H groups in total. The Bertz CT molecular complexity index is 1130. The summed E-state index contributed by atoms with van der Waals surface area (Å²) in [5.41, 5.74) is 2.38. The highest BCUT2D eigenvalue weighted by Gasteiger charge is 2.28. The Kier molecular flexibility index (Phi) is 6.97. The van der Waals surface area contributed by atoms with Crippen molar-refractivity contribution in [3.05, 3.63) is 42.0 Å². The van der Waals surface area contributed by atoms with Gasteiger partial charge in [0, 0.05) is 44.8 Å². The molecule has 35 heavy (non-hydrogen) atoms. The standard InChI is InChI=1S/C26H34N6O3/c1-18-13-19(2)15-32(14-18)23(33)17-31-11-9-30(10-12-31)16-22-27-28-26(34-22)24-20(3)35-29-25(24)21-7-5-4-6-8-21/h4-8,18-19H,9-17H2,1-3H3/t18-,19+. The first-order valence-electron chi connectivity index (χ1n) is 12.5. The third-order valence-electron chi connectivity index (χ3n) is 6.99. The fourth-order valence-electron chi connectivity index (χ4n) is 5.29. The Morgan fingerprint density at radius 3 is 2.40 bits per heavy atom. The summed E-state index contributed by atoms with van der Waals surface area (Å²) in [5.74, 6) is 3.08. The molecule has 2 aliphatic heterocycles. The molecule has 5 rings (SSSR count). The van der Waals surface area contributed by atoms with Gasteiger partial charge < -0.3 is 13.8 Å². The third kappa shape index (κ3) is 5.46. The molecule has 0 aliphatic carbocycles. The molecule has 3 aromatic rings. The molecule has 4 heterocycles. The molecule has 0 spiro atoms. The largest absolute Gasteiger partial charge is 0.419 e. The molecule has 9 nitrogen and oxygen atoms in total. The van der Waals surface area contributed by atoms with Crippen molar-refractivity contribution in [3.8, 4) is 22.7 Å². The molecule has 2 aromatic heterocycles. The van der Waals surface area contributed by atoms with E-state index >= 15 is 0 Å². The van der Waals surface area contributed by atoms with Crippen molar-refractivity contribution in [3.63, 3.8) is 0 Å². The number of benzene rings is 1. The second kappa shape index (κ2) is 10.3. The van der Waals surface area contributed by atoms with E-state index in [-0.39, 0.29) is 5.91 Å². The average molecular weight is 479 g/mol. The van der Waals surface area contributed by atoms with Crippen LogP contribution >= 0.6 is 0 Å². The Labute approximate surface area is 206 Å². The summed E-state index contributed by atoms with van der Waals surface area (Å²) in [6.45, 7) is 12.6. The van der Waals surface area contributed by atoms with Gasteiger partial charge in [-0.05, 0) is 25.2 Å². The molecule has 2 atom stereocenters. The fraction of sp³-hybridized carbons (Fsp3) is 0.538. The van der Waals surface area contributed by atoms with Crippen LogP contribution in [0.2, 0.25) is 0 Å². The lowest BCUT2D eigenvalue weighted by atomic mass is 9.92. The molecule has 9 heteroatoms. The van der Waals surface area contributed by atoms with E-state index in [1.807, 2.05) is 37.3 Å². The average Bonchev–Trinajstić information content (AvgIpc) is 3.46. The van der Waals surface area contributed by atoms with Gasteiger partial charge in [-0.25, -0.2) is 0 Å². The quantitative estimate of drug-likeness (QED) is 0.533. The number of likely N-dealkylation sites (tertiary alicyclic amines) is 1. The van der Waals surface area contributed by atoms with E-state index in [9.17, 15) is 4.79 Å². The van der Waals surface area contributed by atoms with Crippen LogP contribution in [0.1, 0.15) is 31.9 Å². The summed E-state index contributed by atoms with van der Waals surface area (Å²) in [5, 5.41) is 12.8. The van der Waals surface area contributed by atoms with Crippen molar-refractivity contribution < 1.29 is 13.7 Å². The second-order valence-electron chi connectivity index (χ2n) is 10.1. The van der Waals surface area contributed by atoms with E-state index in [2.05, 4.69) is 43.9 Å². The molecule has 186 valence electrons. The van der Waals surface area contributed by atoms with Crippen LogP contribution in [0.4, 0.5) is 0 Å². The highest BCUT2D eigenvalue weighted by molar-refractivity contribution is 5.78. The summed E-state index contributed by atoms with van der Waals surface area (Å²) in [4.78, 5) is 19.4. The molecular weight excluding hydrogens is 444 g/mol. The van der Waals surface area contributed by atoms with Crippen LogP contribution in [0.3, 0.4) is 0 Å². The summed E-state index contributed by atoms with van der Waals surface area (Å²) >= 11 is 0. The van der Waals surface area contributed by atoms with E-state index in [0.29, 0.717) is 48.2 Å². The maximum atomic E-state index is 12.8. The van der Waals surface area contributed by atoms with Crippen molar-refractivity contribution in [2.24, 2.45) is 11.8 Å². The van der Waals surface area contributed by atoms with Crippen molar-refractivity contribution in [2.45, 2.75) is 33.7 Å². The smallest absolute Gasteiger partial charge is 0.253 e. The number of hydrogen-bond donors (Lipinski definition) is 0. The van der Waals surface area contributed by atoms with Crippen LogP contribution in [0, 0.1) is 18.8 Å². The molecule has 0 radical (unpaired) electrons. The number of nitrogens with zero attached hydrogens (tertiary/aromatic N) is 6. The zero-order chi connectivity index (χ0) is 24.4. The number of piperazine rings is 1. The fourth-order valence-corrected chi connectivity index (χ4v) is 5.29. The maximum absolute atomic E-state index is 12.8. The maximum Gasteiger partial charge on any atom is 0.253 e. The molecule has 0 saturated carbocycles. The lowest BCUT2D eigenvalue weighted by Gasteiger charge is -2.38. The Balaban J connectivity index is 1.16. The summed E-state index contributed by atoms with van der Waals surface area (Å²) < 4.78 is 11.5. The van der Waals surface area contributed by atoms with Crippen LogP contribution < -0.4 is 0 Å². The number of piperidine rings is 1. The van der Waals surface area contributed by atoms with E-state index in [1.165, 1.54) is 6.42 Å². The molecule has 0 bridgehead atoms. The zero-order valence-corrected chi connectivity index (χ0v) is 20.8. The first-order chi connectivity index (χ1) is 17.0. The summed E-state index contributed by atoms with van der Waals surface area (Å²) in [7, 11) is 0. The van der Waals surface area contributed by atoms with Gasteiger partial charge in [-0.3, -0.25) is 14.6 Å². The van der Waals surface area contributed by atoms with Crippen LogP contribution in [0.25, 0.3) is 22.7 Å². The number of amides is 1. The van der Waals surface area contributed by atoms with Gasteiger partial charge in [0.1, 0.15) is 17.0 Å². The van der Waals surface area contributed by atoms with Gasteiger partial charge >= 0.3 is 0 Å². The minimum absolute atomic E-state index is 0.261. The van der Waals surface area contributed by atoms with Gasteiger partial charge in [0.25, 0.3) is 5.89 Å². The van der Waals surface area contributed by atoms with Crippen LogP contribution in [0.15, 0.2) is 39.3 Å². The number of aromatic nitrogens is 3. The molecule has 2 aliphatic rings. The highest BCUT2D eigenvalue weighted by Crippen LogP contribution is 2.33. The van der Waals surface area contributed by atoms with Crippen LogP contribution in [0.5, 0.6) is 0 Å². The van der Waals surface area contributed by atoms with Gasteiger partial charge in [0.2, 0.25) is 11.8 Å². The first kappa shape index (κ1) is 23.7. The lowest BCUT2D eigenvalue weighted by Crippen LogP contribution is -2.51. The molecule has 2 saturated heterocycles. The SMILES string of the molecule is Cc1onc(-c2ccccc2)c1-c1nnc(CN2CCN(CC(=O)N3C[C@H](C)C[C@H](C)C3)CC2)o1. The Hall–Kier alpha value is -3.04. The second-order valence-corrected chi connectivity index (χ2v) is 10.1. The van der Waals surface area contributed by atoms with Gasteiger partial charge in [-0.1, -0.05) is 49.3 Å². The molecule has 0 unspecified atom stereocenters. The first-order valence-corrected chi connectivity index (χ1v) is 12.5. The lowest BCUT2D eigenvalue weighted by molar-refractivity contribution is -0.135. The van der Waals surface area contributed by atoms with Crippen molar-refractivity contribution in [1.29, 1.82) is 0 Å². The van der Waals surface area contributed by atoms with Gasteiger partial charge in [0.05, 0.1) is 13.1 Å². The monoisotopic (exact) mass is 478 g/mol. The molecule has 1 aromatic carbocycles. The van der Waals surface area contributed by atoms with E-state index in [0.717, 1.165) is 50.4 Å². The highest BCUT2D eigenvalue weighted by atomic mass is 16.5. The van der Waals surface area contributed by atoms with Crippen LogP contribution in [-0.4, -0.2) is 81.8 Å². The molecule has 2 fully saturated rings. The number of carbonyl (C=O) groups excluding carboxylic acids is 1. The van der Waals surface area contributed by atoms with Gasteiger partial charge in [0.15, 0.2) is 0 Å². The normalized spacial score (nSPS) is 22.0. The van der Waals surface area contributed by atoms with Crippen LogP contribution in [-0.2, 0) is 11.3 Å². The van der Waals surface area contributed by atoms with E-state index in [1.54, 1.807) is 0 Å². The van der Waals surface area contributed by atoms with Crippen molar-refractivity contribution in [2.75, 3.05) is 45.8 Å². The van der Waals surface area contributed by atoms with Crippen molar-refractivity contribution >= 4 is 5.91 Å². The minimum Gasteiger partial charge on any atom is -0.419 e. The number of hydrogen-bond acceptors (Lipinski definition) is 8. The number of aryl methyl sites for hydroxylation is 1. The van der Waals surface area contributed by atoms with Crippen molar-refractivity contribution in [1.82, 2.24) is 30.1 Å². The number of rotatable bonds is 6. The number of carbonyl (C=O) groups is 1. The van der Waals surface area contributed by atoms with Gasteiger partial charge in [-0.2, -0.15) is 0 Å². The summed E-state index contributed by atoms with van der Waals surface area (Å²) in [6, 6.07) is 9.85. The molecular formula is C26H34N6O3. The summed E-state index contributed by atoms with van der Waals surface area (Å²) in [6.07, 6.45) is 1.21. The zero-order valence-electron chi connectivity index (χ0n) is 20.8. The predicted octanol–water partition coefficient (Wildman–Crippen LogP) is 3.32. The van der Waals surface area contributed by atoms with E-state index in [4.69, 9.17) is 8.94 Å². The Morgan fingerprint density at radius 1 is 1.00 bits per heavy atom. The predicted molar refractivity (Wildman–Crippen MR) is 131 cm³/mol.